The third-order valence-electron chi connectivity index (χ3n) is 1.54. The minimum absolute atomic E-state index is 0.0403. The van der Waals surface area contributed by atoms with E-state index in [9.17, 15) is 14.3 Å². The smallest absolute Gasteiger partial charge is 0.409 e. The molecule has 1 aromatic heterocycles. The lowest BCUT2D eigenvalue weighted by atomic mass is 10.2. The molecule has 0 spiro atoms. The second-order valence-corrected chi connectivity index (χ2v) is 3.33. The lowest BCUT2D eigenvalue weighted by Crippen LogP contribution is -2.35. The number of nitrogens with one attached hydrogen (secondary N) is 2. The summed E-state index contributed by atoms with van der Waals surface area (Å²) in [6.45, 7) is 0. The predicted molar refractivity (Wildman–Crippen MR) is 44.5 cm³/mol. The Morgan fingerprint density at radius 2 is 2.57 bits per heavy atom. The first-order valence-corrected chi connectivity index (χ1v) is 4.88. The van der Waals surface area contributed by atoms with Gasteiger partial charge in [0.2, 0.25) is 0 Å². The van der Waals surface area contributed by atoms with Crippen molar-refractivity contribution in [3.63, 3.8) is 0 Å². The number of H-pyrrole nitrogens is 1. The van der Waals surface area contributed by atoms with Crippen LogP contribution < -0.4 is 9.98 Å². The first kappa shape index (κ1) is 10.8. The Kier molecular flexibility index (Phi) is 3.70. The third-order valence-corrected chi connectivity index (χ3v) is 2.06. The lowest BCUT2D eigenvalue weighted by molar-refractivity contribution is -0.169. The summed E-state index contributed by atoms with van der Waals surface area (Å²) >= 11 is 0. The van der Waals surface area contributed by atoms with Crippen LogP contribution in [0.15, 0.2) is 12.5 Å². The fourth-order valence-electron chi connectivity index (χ4n) is 0.932. The van der Waals surface area contributed by atoms with Crippen LogP contribution >= 0.6 is 8.18 Å². The highest BCUT2D eigenvalue weighted by Gasteiger charge is 2.23. The molecule has 14 heavy (non-hydrogen) atoms. The minimum Gasteiger partial charge on any atom is -0.578 e. The van der Waals surface area contributed by atoms with Gasteiger partial charge in [-0.05, 0) is 0 Å². The highest BCUT2D eigenvalue weighted by Crippen LogP contribution is 2.06. The molecule has 1 heterocycles. The maximum atomic E-state index is 10.6. The van der Waals surface area contributed by atoms with Gasteiger partial charge in [0, 0.05) is 18.3 Å². The Labute approximate surface area is 80.1 Å². The molecular weight excluding hydrogens is 209 g/mol. The predicted octanol–water partition coefficient (Wildman–Crippen LogP) is -0.987. The molecule has 1 unspecified atom stereocenters. The van der Waals surface area contributed by atoms with Crippen molar-refractivity contribution in [2.75, 3.05) is 0 Å². The fourth-order valence-corrected chi connectivity index (χ4v) is 1.39. The summed E-state index contributed by atoms with van der Waals surface area (Å²) in [6, 6.07) is -1.16. The zero-order chi connectivity index (χ0) is 10.6. The van der Waals surface area contributed by atoms with Gasteiger partial charge in [-0.1, -0.05) is 9.65 Å². The van der Waals surface area contributed by atoms with Gasteiger partial charge in [0.05, 0.1) is 6.33 Å². The number of aromatic nitrogens is 2. The average Bonchev–Trinajstić information content (AvgIpc) is 2.54. The van der Waals surface area contributed by atoms with Crippen molar-refractivity contribution in [2.45, 2.75) is 12.5 Å². The summed E-state index contributed by atoms with van der Waals surface area (Å²) in [7, 11) is -2.92. The molecule has 3 N–H and O–H groups in total. The topological polar surface area (TPSA) is 118 Å². The second-order valence-electron chi connectivity index (χ2n) is 2.56. The summed E-state index contributed by atoms with van der Waals surface area (Å²) < 4.78 is 10.3. The van der Waals surface area contributed by atoms with Crippen molar-refractivity contribution in [3.8, 4) is 0 Å². The number of nitrogens with zero attached hydrogens (tertiary/aromatic N) is 1. The maximum Gasteiger partial charge on any atom is 0.409 e. The van der Waals surface area contributed by atoms with Gasteiger partial charge in [0.15, 0.2) is 6.04 Å². The zero-order valence-corrected chi connectivity index (χ0v) is 7.90. The molecule has 0 aliphatic heterocycles. The molecule has 0 aliphatic rings. The van der Waals surface area contributed by atoms with Gasteiger partial charge in [0.1, 0.15) is 0 Å². The minimum atomic E-state index is -2.92. The summed E-state index contributed by atoms with van der Waals surface area (Å²) in [5, 5.41) is 10.6. The van der Waals surface area contributed by atoms with Gasteiger partial charge in [-0.3, -0.25) is 4.79 Å². The van der Waals surface area contributed by atoms with Crippen molar-refractivity contribution in [1.29, 1.82) is 0 Å². The highest BCUT2D eigenvalue weighted by atomic mass is 31.1. The van der Waals surface area contributed by atoms with Crippen molar-refractivity contribution >= 4 is 14.1 Å². The van der Waals surface area contributed by atoms with Gasteiger partial charge in [-0.2, -0.15) is 0 Å². The summed E-state index contributed by atoms with van der Waals surface area (Å²) in [6.07, 6.45) is 2.87. The second kappa shape index (κ2) is 4.80. The van der Waals surface area contributed by atoms with E-state index < -0.39 is 20.2 Å². The zero-order valence-electron chi connectivity index (χ0n) is 7.01. The molecule has 0 saturated heterocycles. The summed E-state index contributed by atoms with van der Waals surface area (Å²) in [4.78, 5) is 27.2. The van der Waals surface area contributed by atoms with E-state index in [1.165, 1.54) is 12.5 Å². The Morgan fingerprint density at radius 3 is 3.00 bits per heavy atom. The Hall–Kier alpha value is -1.30. The van der Waals surface area contributed by atoms with Crippen LogP contribution in [0.3, 0.4) is 0 Å². The van der Waals surface area contributed by atoms with E-state index in [1.54, 1.807) is 0 Å². The van der Waals surface area contributed by atoms with Crippen LogP contribution in [0.4, 0.5) is 0 Å². The van der Waals surface area contributed by atoms with E-state index in [2.05, 4.69) is 9.97 Å². The van der Waals surface area contributed by atoms with E-state index in [0.29, 0.717) is 5.69 Å². The van der Waals surface area contributed by atoms with Crippen LogP contribution in [0.25, 0.3) is 0 Å². The molecular formula is C6H8N3O4P. The fraction of sp³-hybridized carbons (Fsp3) is 0.333. The molecule has 8 heteroatoms. The van der Waals surface area contributed by atoms with Crippen molar-refractivity contribution in [1.82, 2.24) is 15.1 Å². The molecule has 0 amide bonds. The summed E-state index contributed by atoms with van der Waals surface area (Å²) in [5.41, 5.74) is 0.557. The van der Waals surface area contributed by atoms with Gasteiger partial charge >= 0.3 is 14.1 Å². The summed E-state index contributed by atoms with van der Waals surface area (Å²) in [5.74, 6) is -1.22. The van der Waals surface area contributed by atoms with Gasteiger partial charge < -0.3 is 15.0 Å². The number of carboxylic acids is 1. The molecule has 1 rings (SSSR count). The molecule has 0 radical (unpaired) electrons. The molecule has 0 saturated carbocycles. The maximum absolute atomic E-state index is 10.6. The van der Waals surface area contributed by atoms with E-state index in [4.69, 9.17) is 5.11 Å². The Morgan fingerprint density at radius 1 is 1.86 bits per heavy atom. The van der Waals surface area contributed by atoms with Crippen molar-refractivity contribution in [2.24, 2.45) is 0 Å². The number of aliphatic carboxylic acids is 1. The van der Waals surface area contributed by atoms with Crippen molar-refractivity contribution < 1.29 is 19.4 Å². The number of hydrogen-bond donors (Lipinski definition) is 3. The van der Waals surface area contributed by atoms with Gasteiger partial charge in [-0.15, -0.1) is 0 Å². The first-order chi connectivity index (χ1) is 6.59. The number of carboxylic acid groups (broad SMARTS) is 1. The molecule has 0 aliphatic carbocycles. The van der Waals surface area contributed by atoms with Crippen molar-refractivity contribution in [3.05, 3.63) is 18.2 Å². The molecule has 1 aromatic rings. The highest BCUT2D eigenvalue weighted by molar-refractivity contribution is 7.34. The van der Waals surface area contributed by atoms with E-state index in [-0.39, 0.29) is 6.42 Å². The third kappa shape index (κ3) is 3.21. The number of aromatic amines is 1. The monoisotopic (exact) mass is 217 g/mol. The van der Waals surface area contributed by atoms with E-state index >= 15 is 0 Å². The molecule has 0 fully saturated rings. The van der Waals surface area contributed by atoms with E-state index in [0.717, 1.165) is 0 Å². The number of rotatable bonds is 5. The number of carbonyl (C=O) groups is 1. The van der Waals surface area contributed by atoms with Crippen LogP contribution in [0.2, 0.25) is 0 Å². The quantitative estimate of drug-likeness (QED) is 0.545. The number of hydrogen-bond acceptors (Lipinski definition) is 4. The molecule has 0 aromatic carbocycles. The molecule has 76 valence electrons. The van der Waals surface area contributed by atoms with Crippen LogP contribution in [-0.2, 0) is 15.8 Å². The SMILES string of the molecule is O=C(O)[C@H](Cc1cnc[nH]1)N[P+](=O)[O-]. The Balaban J connectivity index is 2.60. The van der Waals surface area contributed by atoms with E-state index in [1.807, 2.05) is 5.09 Å². The molecule has 7 nitrogen and oxygen atoms in total. The lowest BCUT2D eigenvalue weighted by Gasteiger charge is -2.06. The van der Waals surface area contributed by atoms with Crippen LogP contribution in [-0.4, -0.2) is 27.1 Å². The molecule has 0 bridgehead atoms. The van der Waals surface area contributed by atoms with Gasteiger partial charge in [-0.25, -0.2) is 4.98 Å². The van der Waals surface area contributed by atoms with Crippen LogP contribution in [0.1, 0.15) is 5.69 Å². The number of imidazole rings is 1. The van der Waals surface area contributed by atoms with Gasteiger partial charge in [0.25, 0.3) is 0 Å². The normalized spacial score (nSPS) is 13.6. The Bertz CT molecular complexity index is 326. The van der Waals surface area contributed by atoms with Crippen LogP contribution in [0, 0.1) is 0 Å². The average molecular weight is 217 g/mol. The largest absolute Gasteiger partial charge is 0.578 e. The molecule has 2 atom stereocenters. The first-order valence-electron chi connectivity index (χ1n) is 3.70. The van der Waals surface area contributed by atoms with Crippen LogP contribution in [0.5, 0.6) is 0 Å². The standard InChI is InChI=1S/C6H8N3O4P/c10-6(11)5(9-14(12)13)1-4-2-7-3-8-4/h2-3,5H,1H2,(H,7,8)(H,10,11)(H,9,12,13)/t5-/m0/s1.